The van der Waals surface area contributed by atoms with E-state index in [1.165, 1.54) is 10.5 Å². The highest BCUT2D eigenvalue weighted by molar-refractivity contribution is 9.10. The monoisotopic (exact) mass is 339 g/mol. The molecule has 2 aromatic rings. The molecule has 102 valence electrons. The highest BCUT2D eigenvalue weighted by atomic mass is 79.9. The molecule has 0 amide bonds. The first-order valence-corrected chi connectivity index (χ1v) is 8.03. The Kier molecular flexibility index (Phi) is 5.48. The predicted molar refractivity (Wildman–Crippen MR) is 84.4 cm³/mol. The van der Waals surface area contributed by atoms with Crippen molar-refractivity contribution >= 4 is 27.7 Å². The van der Waals surface area contributed by atoms with Gasteiger partial charge in [-0.25, -0.2) is 0 Å². The lowest BCUT2D eigenvalue weighted by Gasteiger charge is -2.10. The second-order valence-electron chi connectivity index (χ2n) is 4.59. The van der Waals surface area contributed by atoms with Crippen LogP contribution in [0.2, 0.25) is 0 Å². The van der Waals surface area contributed by atoms with E-state index in [1.54, 1.807) is 0 Å². The fraction of sp³-hybridized carbons (Fsp3) is 0.357. The number of nitrogens with zero attached hydrogens (tertiary/aromatic N) is 2. The van der Waals surface area contributed by atoms with Crippen LogP contribution in [0, 0.1) is 0 Å². The Balaban J connectivity index is 1.72. The smallest absolute Gasteiger partial charge is 0.0521 e. The van der Waals surface area contributed by atoms with Gasteiger partial charge in [0.05, 0.1) is 6.20 Å². The number of hydrogen-bond acceptors (Lipinski definition) is 3. The first-order valence-electron chi connectivity index (χ1n) is 6.25. The number of rotatable bonds is 6. The molecule has 19 heavy (non-hydrogen) atoms. The predicted octanol–water partition coefficient (Wildman–Crippen LogP) is 3.23. The zero-order valence-corrected chi connectivity index (χ0v) is 13.3. The molecule has 1 heterocycles. The molecule has 5 heteroatoms. The van der Waals surface area contributed by atoms with Gasteiger partial charge in [-0.2, -0.15) is 5.10 Å². The Labute approximate surface area is 126 Å². The van der Waals surface area contributed by atoms with E-state index in [4.69, 9.17) is 5.73 Å². The maximum absolute atomic E-state index is 6.15. The molecule has 1 unspecified atom stereocenters. The van der Waals surface area contributed by atoms with E-state index in [2.05, 4.69) is 51.5 Å². The lowest BCUT2D eigenvalue weighted by molar-refractivity contribution is 0.674. The summed E-state index contributed by atoms with van der Waals surface area (Å²) in [5.74, 6) is 0.946. The quantitative estimate of drug-likeness (QED) is 0.821. The topological polar surface area (TPSA) is 43.8 Å². The third-order valence-electron chi connectivity index (χ3n) is 2.84. The summed E-state index contributed by atoms with van der Waals surface area (Å²) in [6.07, 6.45) is 5.95. The fourth-order valence-corrected chi connectivity index (χ4v) is 2.94. The van der Waals surface area contributed by atoms with E-state index in [9.17, 15) is 0 Å². The van der Waals surface area contributed by atoms with Gasteiger partial charge in [0.1, 0.15) is 0 Å². The minimum absolute atomic E-state index is 0.217. The van der Waals surface area contributed by atoms with Gasteiger partial charge in [0, 0.05) is 34.4 Å². The van der Waals surface area contributed by atoms with Gasteiger partial charge in [0.25, 0.3) is 0 Å². The van der Waals surface area contributed by atoms with Crippen LogP contribution >= 0.6 is 27.7 Å². The van der Waals surface area contributed by atoms with Gasteiger partial charge in [-0.3, -0.25) is 4.68 Å². The van der Waals surface area contributed by atoms with E-state index >= 15 is 0 Å². The molecule has 0 radical (unpaired) electrons. The summed E-state index contributed by atoms with van der Waals surface area (Å²) in [5.41, 5.74) is 7.40. The van der Waals surface area contributed by atoms with Crippen molar-refractivity contribution in [3.8, 4) is 0 Å². The summed E-state index contributed by atoms with van der Waals surface area (Å²) in [4.78, 5) is 1.26. The first kappa shape index (κ1) is 14.6. The number of aromatic nitrogens is 2. The molecule has 3 nitrogen and oxygen atoms in total. The van der Waals surface area contributed by atoms with E-state index in [-0.39, 0.29) is 6.04 Å². The van der Waals surface area contributed by atoms with Crippen LogP contribution in [-0.4, -0.2) is 21.6 Å². The second kappa shape index (κ2) is 7.12. The first-order chi connectivity index (χ1) is 9.13. The largest absolute Gasteiger partial charge is 0.327 e. The van der Waals surface area contributed by atoms with Gasteiger partial charge in [-0.05, 0) is 42.7 Å². The minimum atomic E-state index is 0.217. The molecule has 1 aromatic heterocycles. The standard InChI is InChI=1S/C14H18BrN3S/c1-18-9-11(8-17-18)2-5-13(16)10-19-14-6-3-12(15)4-7-14/h3-4,6-9,13H,2,5,10,16H2,1H3. The lowest BCUT2D eigenvalue weighted by atomic mass is 10.1. The van der Waals surface area contributed by atoms with E-state index in [1.807, 2.05) is 29.7 Å². The number of aryl methyl sites for hydroxylation is 2. The minimum Gasteiger partial charge on any atom is -0.327 e. The van der Waals surface area contributed by atoms with Crippen molar-refractivity contribution in [3.63, 3.8) is 0 Å². The Morgan fingerprint density at radius 1 is 1.37 bits per heavy atom. The normalized spacial score (nSPS) is 12.6. The third kappa shape index (κ3) is 5.01. The molecule has 2 N–H and O–H groups in total. The van der Waals surface area contributed by atoms with Crippen LogP contribution in [0.5, 0.6) is 0 Å². The summed E-state index contributed by atoms with van der Waals surface area (Å²) in [6, 6.07) is 8.56. The molecule has 2 rings (SSSR count). The average Bonchev–Trinajstić information content (AvgIpc) is 2.81. The van der Waals surface area contributed by atoms with Crippen LogP contribution in [0.4, 0.5) is 0 Å². The number of thioether (sulfide) groups is 1. The molecule has 0 bridgehead atoms. The Hall–Kier alpha value is -0.780. The van der Waals surface area contributed by atoms with Crippen LogP contribution in [-0.2, 0) is 13.5 Å². The Morgan fingerprint density at radius 2 is 2.11 bits per heavy atom. The molecule has 1 aromatic carbocycles. The molecule has 0 saturated carbocycles. The van der Waals surface area contributed by atoms with Gasteiger partial charge in [-0.1, -0.05) is 15.9 Å². The lowest BCUT2D eigenvalue weighted by Crippen LogP contribution is -2.23. The van der Waals surface area contributed by atoms with Crippen LogP contribution in [0.3, 0.4) is 0 Å². The van der Waals surface area contributed by atoms with Crippen molar-refractivity contribution in [2.24, 2.45) is 12.8 Å². The Bertz CT molecular complexity index is 510. The maximum Gasteiger partial charge on any atom is 0.0521 e. The second-order valence-corrected chi connectivity index (χ2v) is 6.60. The van der Waals surface area contributed by atoms with Gasteiger partial charge >= 0.3 is 0 Å². The van der Waals surface area contributed by atoms with Crippen molar-refractivity contribution in [2.45, 2.75) is 23.8 Å². The summed E-state index contributed by atoms with van der Waals surface area (Å²) in [7, 11) is 1.94. The maximum atomic E-state index is 6.15. The summed E-state index contributed by atoms with van der Waals surface area (Å²) in [5, 5.41) is 4.16. The zero-order valence-electron chi connectivity index (χ0n) is 10.9. The highest BCUT2D eigenvalue weighted by Gasteiger charge is 2.05. The molecule has 0 saturated heterocycles. The number of nitrogens with two attached hydrogens (primary N) is 1. The van der Waals surface area contributed by atoms with Crippen molar-refractivity contribution in [2.75, 3.05) is 5.75 Å². The summed E-state index contributed by atoms with van der Waals surface area (Å²) >= 11 is 5.25. The fourth-order valence-electron chi connectivity index (χ4n) is 1.77. The molecule has 0 aliphatic heterocycles. The highest BCUT2D eigenvalue weighted by Crippen LogP contribution is 2.21. The molecule has 0 aliphatic carbocycles. The number of halogens is 1. The van der Waals surface area contributed by atoms with E-state index in [0.717, 1.165) is 23.1 Å². The van der Waals surface area contributed by atoms with Gasteiger partial charge in [0.15, 0.2) is 0 Å². The molecule has 0 aliphatic rings. The SMILES string of the molecule is Cn1cc(CCC(N)CSc2ccc(Br)cc2)cn1. The van der Waals surface area contributed by atoms with Crippen LogP contribution < -0.4 is 5.73 Å². The van der Waals surface area contributed by atoms with Gasteiger partial charge in [0.2, 0.25) is 0 Å². The molecular formula is C14H18BrN3S. The summed E-state index contributed by atoms with van der Waals surface area (Å²) < 4.78 is 2.94. The number of benzene rings is 1. The van der Waals surface area contributed by atoms with E-state index < -0.39 is 0 Å². The van der Waals surface area contributed by atoms with Crippen molar-refractivity contribution in [1.82, 2.24) is 9.78 Å². The van der Waals surface area contributed by atoms with Crippen molar-refractivity contribution in [1.29, 1.82) is 0 Å². The molecule has 1 atom stereocenters. The van der Waals surface area contributed by atoms with E-state index in [0.29, 0.717) is 0 Å². The van der Waals surface area contributed by atoms with Crippen LogP contribution in [0.15, 0.2) is 46.0 Å². The molecule has 0 fully saturated rings. The molecular weight excluding hydrogens is 322 g/mol. The summed E-state index contributed by atoms with van der Waals surface area (Å²) in [6.45, 7) is 0. The van der Waals surface area contributed by atoms with Crippen LogP contribution in [0.25, 0.3) is 0 Å². The van der Waals surface area contributed by atoms with Gasteiger partial charge in [-0.15, -0.1) is 11.8 Å². The zero-order chi connectivity index (χ0) is 13.7. The van der Waals surface area contributed by atoms with Crippen molar-refractivity contribution < 1.29 is 0 Å². The Morgan fingerprint density at radius 3 is 2.74 bits per heavy atom. The molecule has 0 spiro atoms. The van der Waals surface area contributed by atoms with Gasteiger partial charge < -0.3 is 5.73 Å². The average molecular weight is 340 g/mol. The van der Waals surface area contributed by atoms with Crippen molar-refractivity contribution in [3.05, 3.63) is 46.7 Å². The number of hydrogen-bond donors (Lipinski definition) is 1. The third-order valence-corrected chi connectivity index (χ3v) is 4.57. The van der Waals surface area contributed by atoms with Crippen LogP contribution in [0.1, 0.15) is 12.0 Å².